The van der Waals surface area contributed by atoms with Crippen LogP contribution in [0.3, 0.4) is 0 Å². The van der Waals surface area contributed by atoms with Crippen LogP contribution in [0.2, 0.25) is 10.0 Å². The molecular weight excluding hydrogens is 355 g/mol. The molecule has 4 aromatic rings. The Bertz CT molecular complexity index is 1130. The van der Waals surface area contributed by atoms with E-state index in [4.69, 9.17) is 28.9 Å². The standard InChI is InChI=1S/C20H13Cl2N2O/c21-13-5-1-4-12(10-13)11-24-17-9-3-7-15(20(23)25)18(17)14-6-2-8-16(22)19(14)24/h1-5,7-10H,11H2,(H2,23,25). The van der Waals surface area contributed by atoms with Crippen molar-refractivity contribution < 1.29 is 4.79 Å². The Hall–Kier alpha value is -2.49. The number of nitrogens with zero attached hydrogens (tertiary/aromatic N) is 1. The highest BCUT2D eigenvalue weighted by molar-refractivity contribution is 6.36. The summed E-state index contributed by atoms with van der Waals surface area (Å²) in [5.41, 5.74) is 8.79. The third-order valence-corrected chi connectivity index (χ3v) is 4.81. The summed E-state index contributed by atoms with van der Waals surface area (Å²) >= 11 is 12.6. The average molecular weight is 368 g/mol. The van der Waals surface area contributed by atoms with Gasteiger partial charge in [-0.1, -0.05) is 47.5 Å². The van der Waals surface area contributed by atoms with E-state index in [0.717, 1.165) is 27.4 Å². The zero-order chi connectivity index (χ0) is 17.6. The van der Waals surface area contributed by atoms with Crippen molar-refractivity contribution in [3.63, 3.8) is 0 Å². The molecule has 3 nitrogen and oxygen atoms in total. The van der Waals surface area contributed by atoms with E-state index in [-0.39, 0.29) is 0 Å². The second-order valence-corrected chi connectivity index (χ2v) is 6.67. The maximum absolute atomic E-state index is 11.9. The lowest BCUT2D eigenvalue weighted by atomic mass is 10.1. The summed E-state index contributed by atoms with van der Waals surface area (Å²) in [6, 6.07) is 19.9. The first kappa shape index (κ1) is 16.0. The summed E-state index contributed by atoms with van der Waals surface area (Å²) in [5.74, 6) is -0.471. The van der Waals surface area contributed by atoms with Crippen molar-refractivity contribution in [2.24, 2.45) is 5.73 Å². The van der Waals surface area contributed by atoms with Gasteiger partial charge in [0.1, 0.15) is 0 Å². The first-order chi connectivity index (χ1) is 12.1. The Kier molecular flexibility index (Phi) is 3.91. The first-order valence-corrected chi connectivity index (χ1v) is 8.47. The highest BCUT2D eigenvalue weighted by Gasteiger charge is 2.18. The van der Waals surface area contributed by atoms with Crippen LogP contribution >= 0.6 is 23.2 Å². The predicted octanol–water partition coefficient (Wildman–Crippen LogP) is 5.05. The van der Waals surface area contributed by atoms with Crippen molar-refractivity contribution in [3.8, 4) is 0 Å². The van der Waals surface area contributed by atoms with Gasteiger partial charge in [0.2, 0.25) is 5.91 Å². The van der Waals surface area contributed by atoms with Gasteiger partial charge in [0.15, 0.2) is 0 Å². The molecule has 123 valence electrons. The van der Waals surface area contributed by atoms with E-state index in [1.807, 2.05) is 36.4 Å². The molecule has 4 rings (SSSR count). The van der Waals surface area contributed by atoms with Crippen LogP contribution < -0.4 is 5.73 Å². The lowest BCUT2D eigenvalue weighted by Gasteiger charge is -2.09. The van der Waals surface area contributed by atoms with Gasteiger partial charge in [-0.25, -0.2) is 0 Å². The van der Waals surface area contributed by atoms with Crippen LogP contribution in [0.1, 0.15) is 15.9 Å². The Morgan fingerprint density at radius 2 is 1.92 bits per heavy atom. The van der Waals surface area contributed by atoms with Crippen LogP contribution in [-0.2, 0) is 6.54 Å². The molecular formula is C20H13Cl2N2O. The van der Waals surface area contributed by atoms with Crippen LogP contribution in [-0.4, -0.2) is 10.5 Å². The molecule has 1 heterocycles. The molecule has 0 unspecified atom stereocenters. The zero-order valence-corrected chi connectivity index (χ0v) is 14.6. The predicted molar refractivity (Wildman–Crippen MR) is 102 cm³/mol. The highest BCUT2D eigenvalue weighted by atomic mass is 35.5. The fourth-order valence-corrected chi connectivity index (χ4v) is 3.73. The van der Waals surface area contributed by atoms with Crippen molar-refractivity contribution in [1.82, 2.24) is 4.57 Å². The zero-order valence-electron chi connectivity index (χ0n) is 13.1. The van der Waals surface area contributed by atoms with Gasteiger partial charge in [-0.2, -0.15) is 0 Å². The number of carbonyl (C=O) groups is 1. The summed E-state index contributed by atoms with van der Waals surface area (Å²) in [6.07, 6.45) is 0. The second kappa shape index (κ2) is 6.10. The number of hydrogen-bond acceptors (Lipinski definition) is 1. The highest BCUT2D eigenvalue weighted by Crippen LogP contribution is 2.35. The van der Waals surface area contributed by atoms with Crippen LogP contribution in [0, 0.1) is 6.07 Å². The molecule has 1 aromatic heterocycles. The number of benzene rings is 3. The smallest absolute Gasteiger partial charge is 0.249 e. The SMILES string of the molecule is NC(=O)c1cccc2c1c1[c]ccc(Cl)c1n2Cc1cccc(Cl)c1. The van der Waals surface area contributed by atoms with Crippen molar-refractivity contribution in [2.45, 2.75) is 6.54 Å². The van der Waals surface area contributed by atoms with Gasteiger partial charge < -0.3 is 10.3 Å². The number of nitrogens with two attached hydrogens (primary N) is 1. The molecule has 0 fully saturated rings. The van der Waals surface area contributed by atoms with E-state index in [0.29, 0.717) is 22.2 Å². The summed E-state index contributed by atoms with van der Waals surface area (Å²) in [5, 5.41) is 2.84. The quantitative estimate of drug-likeness (QED) is 0.541. The minimum Gasteiger partial charge on any atom is -0.366 e. The van der Waals surface area contributed by atoms with E-state index < -0.39 is 5.91 Å². The summed E-state index contributed by atoms with van der Waals surface area (Å²) in [4.78, 5) is 11.9. The molecule has 0 aliphatic rings. The van der Waals surface area contributed by atoms with Crippen molar-refractivity contribution in [3.05, 3.63) is 81.8 Å². The first-order valence-electron chi connectivity index (χ1n) is 7.71. The number of aromatic nitrogens is 1. The van der Waals surface area contributed by atoms with E-state index >= 15 is 0 Å². The van der Waals surface area contributed by atoms with E-state index in [2.05, 4.69) is 10.6 Å². The van der Waals surface area contributed by atoms with Crippen LogP contribution in [0.25, 0.3) is 21.8 Å². The Morgan fingerprint density at radius 1 is 1.12 bits per heavy atom. The molecule has 1 radical (unpaired) electrons. The molecule has 3 aromatic carbocycles. The van der Waals surface area contributed by atoms with Gasteiger partial charge in [0.25, 0.3) is 0 Å². The number of rotatable bonds is 3. The maximum Gasteiger partial charge on any atom is 0.249 e. The van der Waals surface area contributed by atoms with Gasteiger partial charge in [-0.3, -0.25) is 4.79 Å². The van der Waals surface area contributed by atoms with Crippen molar-refractivity contribution in [2.75, 3.05) is 0 Å². The monoisotopic (exact) mass is 367 g/mol. The molecule has 0 bridgehead atoms. The fraction of sp³-hybridized carbons (Fsp3) is 0.0500. The van der Waals surface area contributed by atoms with Gasteiger partial charge in [-0.15, -0.1) is 0 Å². The third kappa shape index (κ3) is 2.66. The number of halogens is 2. The lowest BCUT2D eigenvalue weighted by Crippen LogP contribution is -2.11. The second-order valence-electron chi connectivity index (χ2n) is 5.83. The van der Waals surface area contributed by atoms with Crippen LogP contribution in [0.5, 0.6) is 0 Å². The van der Waals surface area contributed by atoms with E-state index in [1.165, 1.54) is 0 Å². The topological polar surface area (TPSA) is 48.0 Å². The van der Waals surface area contributed by atoms with Gasteiger partial charge in [0, 0.05) is 27.9 Å². The van der Waals surface area contributed by atoms with Crippen molar-refractivity contribution >= 4 is 50.9 Å². The van der Waals surface area contributed by atoms with Gasteiger partial charge in [-0.05, 0) is 42.0 Å². The molecule has 0 aliphatic heterocycles. The fourth-order valence-electron chi connectivity index (χ4n) is 3.26. The Labute approximate surface area is 154 Å². The molecule has 5 heteroatoms. The third-order valence-electron chi connectivity index (χ3n) is 4.27. The molecule has 0 aliphatic carbocycles. The van der Waals surface area contributed by atoms with Crippen molar-refractivity contribution in [1.29, 1.82) is 0 Å². The average Bonchev–Trinajstić information content (AvgIpc) is 2.90. The molecule has 0 atom stereocenters. The molecule has 0 saturated heterocycles. The lowest BCUT2D eigenvalue weighted by molar-refractivity contribution is 0.100. The van der Waals surface area contributed by atoms with E-state index in [1.54, 1.807) is 18.2 Å². The minimum atomic E-state index is -0.471. The van der Waals surface area contributed by atoms with Gasteiger partial charge in [0.05, 0.1) is 16.1 Å². The summed E-state index contributed by atoms with van der Waals surface area (Å²) < 4.78 is 2.07. The van der Waals surface area contributed by atoms with Crippen LogP contribution in [0.15, 0.2) is 54.6 Å². The van der Waals surface area contributed by atoms with Gasteiger partial charge >= 0.3 is 0 Å². The normalized spacial score (nSPS) is 11.3. The number of amides is 1. The minimum absolute atomic E-state index is 0.464. The summed E-state index contributed by atoms with van der Waals surface area (Å²) in [7, 11) is 0. The Balaban J connectivity index is 2.08. The Morgan fingerprint density at radius 3 is 2.68 bits per heavy atom. The van der Waals surface area contributed by atoms with E-state index in [9.17, 15) is 4.79 Å². The number of hydrogen-bond donors (Lipinski definition) is 1. The molecule has 0 spiro atoms. The molecule has 25 heavy (non-hydrogen) atoms. The number of fused-ring (bicyclic) bond motifs is 3. The molecule has 2 N–H and O–H groups in total. The summed E-state index contributed by atoms with van der Waals surface area (Å²) in [6.45, 7) is 0.570. The number of primary amides is 1. The number of carbonyl (C=O) groups excluding carboxylic acids is 1. The molecule has 0 saturated carbocycles. The van der Waals surface area contributed by atoms with Crippen LogP contribution in [0.4, 0.5) is 0 Å². The maximum atomic E-state index is 11.9. The largest absolute Gasteiger partial charge is 0.366 e. The molecule has 1 amide bonds.